The van der Waals surface area contributed by atoms with Gasteiger partial charge in [-0.15, -0.1) is 0 Å². The van der Waals surface area contributed by atoms with E-state index in [1.54, 1.807) is 11.8 Å². The van der Waals surface area contributed by atoms with Gasteiger partial charge in [0.15, 0.2) is 16.6 Å². The molecule has 126 valence electrons. The van der Waals surface area contributed by atoms with Gasteiger partial charge in [-0.05, 0) is 17.0 Å². The van der Waals surface area contributed by atoms with Crippen LogP contribution >= 0.6 is 11.8 Å². The van der Waals surface area contributed by atoms with Crippen molar-refractivity contribution in [3.05, 3.63) is 36.2 Å². The Bertz CT molecular complexity index is 840. The number of hydrogen-bond donors (Lipinski definition) is 2. The number of thioether (sulfide) groups is 1. The molecule has 0 radical (unpaired) electrons. The van der Waals surface area contributed by atoms with Gasteiger partial charge in [0.1, 0.15) is 17.6 Å². The van der Waals surface area contributed by atoms with Crippen molar-refractivity contribution >= 4 is 28.7 Å². The Kier molecular flexibility index (Phi) is 4.62. The minimum absolute atomic E-state index is 0.0542. The van der Waals surface area contributed by atoms with Crippen molar-refractivity contribution in [3.8, 4) is 5.75 Å². The molecule has 0 bridgehead atoms. The minimum atomic E-state index is 0.0542. The number of hydrogen-bond acceptors (Lipinski definition) is 6. The molecule has 0 unspecified atom stereocenters. The number of nitrogens with two attached hydrogens (primary N) is 1. The predicted octanol–water partition coefficient (Wildman–Crippen LogP) is 3.40. The second-order valence-electron chi connectivity index (χ2n) is 6.44. The highest BCUT2D eigenvalue weighted by atomic mass is 32.2. The Labute approximate surface area is 145 Å². The van der Waals surface area contributed by atoms with Crippen molar-refractivity contribution in [1.29, 1.82) is 0 Å². The number of anilines is 1. The lowest BCUT2D eigenvalue weighted by Crippen LogP contribution is -2.14. The van der Waals surface area contributed by atoms with Crippen LogP contribution in [0.2, 0.25) is 0 Å². The van der Waals surface area contributed by atoms with Gasteiger partial charge in [-0.1, -0.05) is 50.7 Å². The first kappa shape index (κ1) is 16.6. The van der Waals surface area contributed by atoms with E-state index in [1.807, 2.05) is 18.2 Å². The summed E-state index contributed by atoms with van der Waals surface area (Å²) in [6, 6.07) is 8.17. The Morgan fingerprint density at radius 3 is 2.75 bits per heavy atom. The summed E-state index contributed by atoms with van der Waals surface area (Å²) in [5, 5.41) is 0.768. The third-order valence-electron chi connectivity index (χ3n) is 3.57. The minimum Gasteiger partial charge on any atom is -0.492 e. The molecule has 0 atom stereocenters. The Hall–Kier alpha value is -2.28. The highest BCUT2D eigenvalue weighted by Crippen LogP contribution is 2.31. The first-order valence-corrected chi connectivity index (χ1v) is 8.75. The second-order valence-corrected chi connectivity index (χ2v) is 7.53. The number of nitrogens with zero attached hydrogens (tertiary/aromatic N) is 3. The SMILES string of the molecule is CC(C)(C)c1ccccc1OCCSc1nc2ncnc(N)c2[nH]1. The maximum Gasteiger partial charge on any atom is 0.183 e. The van der Waals surface area contributed by atoms with E-state index in [0.29, 0.717) is 23.6 Å². The highest BCUT2D eigenvalue weighted by Gasteiger charge is 2.18. The zero-order chi connectivity index (χ0) is 17.2. The van der Waals surface area contributed by atoms with Gasteiger partial charge in [0.05, 0.1) is 6.61 Å². The summed E-state index contributed by atoms with van der Waals surface area (Å²) in [5.41, 5.74) is 8.33. The maximum absolute atomic E-state index is 5.97. The zero-order valence-electron chi connectivity index (χ0n) is 14.0. The smallest absolute Gasteiger partial charge is 0.183 e. The van der Waals surface area contributed by atoms with E-state index < -0.39 is 0 Å². The van der Waals surface area contributed by atoms with Crippen LogP contribution in [0.5, 0.6) is 5.75 Å². The molecular formula is C17H21N5OS. The van der Waals surface area contributed by atoms with Gasteiger partial charge in [0, 0.05) is 5.75 Å². The molecule has 0 aliphatic carbocycles. The third kappa shape index (κ3) is 3.62. The number of aromatic nitrogens is 4. The molecule has 0 amide bonds. The van der Waals surface area contributed by atoms with E-state index in [0.717, 1.165) is 16.7 Å². The fraction of sp³-hybridized carbons (Fsp3) is 0.353. The molecule has 3 rings (SSSR count). The molecule has 6 nitrogen and oxygen atoms in total. The Morgan fingerprint density at radius 2 is 2.00 bits per heavy atom. The summed E-state index contributed by atoms with van der Waals surface area (Å²) in [5.74, 6) is 2.12. The fourth-order valence-electron chi connectivity index (χ4n) is 2.40. The van der Waals surface area contributed by atoms with E-state index >= 15 is 0 Å². The lowest BCUT2D eigenvalue weighted by molar-refractivity contribution is 0.333. The van der Waals surface area contributed by atoms with Crippen molar-refractivity contribution in [3.63, 3.8) is 0 Å². The van der Waals surface area contributed by atoms with E-state index in [-0.39, 0.29) is 5.41 Å². The van der Waals surface area contributed by atoms with Crippen LogP contribution in [-0.4, -0.2) is 32.3 Å². The molecule has 0 saturated heterocycles. The highest BCUT2D eigenvalue weighted by molar-refractivity contribution is 7.99. The standard InChI is InChI=1S/C17H21N5OS/c1-17(2,3)11-6-4-5-7-12(11)23-8-9-24-16-21-13-14(18)19-10-20-15(13)22-16/h4-7,10H,8-9H2,1-3H3,(H3,18,19,20,21,22). The molecule has 0 aliphatic heterocycles. The van der Waals surface area contributed by atoms with Gasteiger partial charge in [0.25, 0.3) is 0 Å². The van der Waals surface area contributed by atoms with Crippen molar-refractivity contribution in [2.75, 3.05) is 18.1 Å². The number of H-pyrrole nitrogens is 1. The molecule has 1 aromatic carbocycles. The average molecular weight is 343 g/mol. The van der Waals surface area contributed by atoms with Crippen LogP contribution < -0.4 is 10.5 Å². The normalized spacial score (nSPS) is 11.8. The van der Waals surface area contributed by atoms with Crippen LogP contribution in [0.3, 0.4) is 0 Å². The summed E-state index contributed by atoms with van der Waals surface area (Å²) in [7, 11) is 0. The number of fused-ring (bicyclic) bond motifs is 1. The molecular weight excluding hydrogens is 322 g/mol. The molecule has 0 saturated carbocycles. The van der Waals surface area contributed by atoms with Crippen molar-refractivity contribution in [2.45, 2.75) is 31.3 Å². The van der Waals surface area contributed by atoms with Crippen LogP contribution in [0.15, 0.2) is 35.7 Å². The van der Waals surface area contributed by atoms with E-state index in [1.165, 1.54) is 11.9 Å². The van der Waals surface area contributed by atoms with E-state index in [4.69, 9.17) is 10.5 Å². The summed E-state index contributed by atoms with van der Waals surface area (Å²) in [6.07, 6.45) is 1.42. The molecule has 0 spiro atoms. The van der Waals surface area contributed by atoms with Crippen LogP contribution in [0.4, 0.5) is 5.82 Å². The second kappa shape index (κ2) is 6.68. The molecule has 2 heterocycles. The number of aromatic amines is 1. The quantitative estimate of drug-likeness (QED) is 0.545. The van der Waals surface area contributed by atoms with Crippen LogP contribution in [0.25, 0.3) is 11.2 Å². The lowest BCUT2D eigenvalue weighted by Gasteiger charge is -2.22. The average Bonchev–Trinajstić information content (AvgIpc) is 2.95. The number of benzene rings is 1. The van der Waals surface area contributed by atoms with E-state index in [9.17, 15) is 0 Å². The molecule has 0 aliphatic rings. The third-order valence-corrected chi connectivity index (χ3v) is 4.41. The van der Waals surface area contributed by atoms with Crippen LogP contribution in [-0.2, 0) is 5.41 Å². The largest absolute Gasteiger partial charge is 0.492 e. The van der Waals surface area contributed by atoms with Gasteiger partial charge in [-0.25, -0.2) is 15.0 Å². The van der Waals surface area contributed by atoms with Gasteiger partial charge in [-0.3, -0.25) is 0 Å². The molecule has 0 fully saturated rings. The van der Waals surface area contributed by atoms with Crippen molar-refractivity contribution in [2.24, 2.45) is 0 Å². The number of imidazole rings is 1. The summed E-state index contributed by atoms with van der Waals surface area (Å²) in [4.78, 5) is 15.6. The molecule has 7 heteroatoms. The predicted molar refractivity (Wildman–Crippen MR) is 97.5 cm³/mol. The first-order valence-electron chi connectivity index (χ1n) is 7.76. The Balaban J connectivity index is 1.60. The van der Waals surface area contributed by atoms with Crippen LogP contribution in [0.1, 0.15) is 26.3 Å². The monoisotopic (exact) mass is 343 g/mol. The van der Waals surface area contributed by atoms with Gasteiger partial charge < -0.3 is 15.5 Å². The number of nitrogens with one attached hydrogen (secondary N) is 1. The summed E-state index contributed by atoms with van der Waals surface area (Å²) in [6.45, 7) is 7.15. The zero-order valence-corrected chi connectivity index (χ0v) is 14.9. The first-order chi connectivity index (χ1) is 11.4. The fourth-order valence-corrected chi connectivity index (χ4v) is 3.08. The Morgan fingerprint density at radius 1 is 1.21 bits per heavy atom. The number of ether oxygens (including phenoxy) is 1. The number of para-hydroxylation sites is 1. The van der Waals surface area contributed by atoms with Crippen molar-refractivity contribution in [1.82, 2.24) is 19.9 Å². The van der Waals surface area contributed by atoms with Crippen LogP contribution in [0, 0.1) is 0 Å². The van der Waals surface area contributed by atoms with E-state index in [2.05, 4.69) is 46.8 Å². The molecule has 3 aromatic rings. The van der Waals surface area contributed by atoms with Gasteiger partial charge in [0.2, 0.25) is 0 Å². The molecule has 2 aromatic heterocycles. The summed E-state index contributed by atoms with van der Waals surface area (Å²) < 4.78 is 5.97. The summed E-state index contributed by atoms with van der Waals surface area (Å²) >= 11 is 1.57. The van der Waals surface area contributed by atoms with Gasteiger partial charge in [-0.2, -0.15) is 0 Å². The topological polar surface area (TPSA) is 89.7 Å². The maximum atomic E-state index is 5.97. The number of rotatable bonds is 5. The van der Waals surface area contributed by atoms with Gasteiger partial charge >= 0.3 is 0 Å². The van der Waals surface area contributed by atoms with Crippen molar-refractivity contribution < 1.29 is 4.74 Å². The lowest BCUT2D eigenvalue weighted by atomic mass is 9.86. The molecule has 24 heavy (non-hydrogen) atoms. The number of nitrogen functional groups attached to an aromatic ring is 1. The molecule has 3 N–H and O–H groups in total.